The number of benzene rings is 1. The van der Waals surface area contributed by atoms with Gasteiger partial charge in [0, 0.05) is 18.0 Å². The molecule has 0 aliphatic carbocycles. The number of nitrogens with zero attached hydrogens (tertiary/aromatic N) is 4. The monoisotopic (exact) mass is 365 g/mol. The fourth-order valence-electron chi connectivity index (χ4n) is 2.75. The van der Waals surface area contributed by atoms with Gasteiger partial charge in [-0.25, -0.2) is 15.0 Å². The summed E-state index contributed by atoms with van der Waals surface area (Å²) in [5.74, 6) is -0.179. The van der Waals surface area contributed by atoms with Gasteiger partial charge in [-0.1, -0.05) is 11.6 Å². The van der Waals surface area contributed by atoms with Gasteiger partial charge in [0.2, 0.25) is 0 Å². The number of amides is 1. The van der Waals surface area contributed by atoms with Gasteiger partial charge in [0.15, 0.2) is 0 Å². The SMILES string of the molecule is Cc1nc2ccc(C(=O)NCc3cn4cc(Cl)ccc4n3)cc2nc1C. The molecule has 4 rings (SSSR count). The smallest absolute Gasteiger partial charge is 0.251 e. The molecule has 0 unspecified atom stereocenters. The Morgan fingerprint density at radius 3 is 2.62 bits per heavy atom. The standard InChI is InChI=1S/C19H16ClN5O/c1-11-12(2)23-17-7-13(3-5-16(17)22-11)19(26)21-8-15-10-25-9-14(20)4-6-18(25)24-15/h3-7,9-10H,8H2,1-2H3,(H,21,26). The second-order valence-electron chi connectivity index (χ2n) is 6.13. The average molecular weight is 366 g/mol. The number of imidazole rings is 1. The van der Waals surface area contributed by atoms with Gasteiger partial charge in [0.1, 0.15) is 5.65 Å². The fourth-order valence-corrected chi connectivity index (χ4v) is 2.92. The van der Waals surface area contributed by atoms with Gasteiger partial charge in [0.25, 0.3) is 5.91 Å². The first-order valence-electron chi connectivity index (χ1n) is 8.16. The zero-order chi connectivity index (χ0) is 18.3. The molecule has 7 heteroatoms. The Morgan fingerprint density at radius 1 is 1.04 bits per heavy atom. The van der Waals surface area contributed by atoms with Crippen LogP contribution in [-0.2, 0) is 6.54 Å². The number of halogens is 1. The van der Waals surface area contributed by atoms with Crippen LogP contribution in [0, 0.1) is 13.8 Å². The lowest BCUT2D eigenvalue weighted by atomic mass is 10.1. The molecule has 0 bridgehead atoms. The van der Waals surface area contributed by atoms with Gasteiger partial charge in [0.05, 0.1) is 39.7 Å². The van der Waals surface area contributed by atoms with Gasteiger partial charge in [-0.3, -0.25) is 4.79 Å². The predicted molar refractivity (Wildman–Crippen MR) is 100 cm³/mol. The van der Waals surface area contributed by atoms with Crippen molar-refractivity contribution in [3.63, 3.8) is 0 Å². The van der Waals surface area contributed by atoms with Crippen LogP contribution in [-0.4, -0.2) is 25.3 Å². The number of fused-ring (bicyclic) bond motifs is 2. The minimum Gasteiger partial charge on any atom is -0.346 e. The molecule has 1 amide bonds. The van der Waals surface area contributed by atoms with Crippen molar-refractivity contribution in [2.75, 3.05) is 0 Å². The molecule has 0 saturated carbocycles. The zero-order valence-electron chi connectivity index (χ0n) is 14.3. The maximum absolute atomic E-state index is 12.5. The number of nitrogens with one attached hydrogen (secondary N) is 1. The maximum atomic E-state index is 12.5. The van der Waals surface area contributed by atoms with Crippen molar-refractivity contribution in [1.82, 2.24) is 24.7 Å². The summed E-state index contributed by atoms with van der Waals surface area (Å²) < 4.78 is 1.83. The third-order valence-electron chi connectivity index (χ3n) is 4.23. The van der Waals surface area contributed by atoms with Crippen molar-refractivity contribution in [2.24, 2.45) is 0 Å². The van der Waals surface area contributed by atoms with Crippen LogP contribution < -0.4 is 5.32 Å². The van der Waals surface area contributed by atoms with E-state index in [1.165, 1.54) is 0 Å². The zero-order valence-corrected chi connectivity index (χ0v) is 15.1. The summed E-state index contributed by atoms with van der Waals surface area (Å²) in [6, 6.07) is 8.95. The summed E-state index contributed by atoms with van der Waals surface area (Å²) in [6.07, 6.45) is 3.63. The van der Waals surface area contributed by atoms with Crippen LogP contribution in [0.2, 0.25) is 5.02 Å². The fraction of sp³-hybridized carbons (Fsp3) is 0.158. The first-order chi connectivity index (χ1) is 12.5. The van der Waals surface area contributed by atoms with E-state index < -0.39 is 0 Å². The van der Waals surface area contributed by atoms with Crippen molar-refractivity contribution in [3.05, 3.63) is 70.4 Å². The third-order valence-corrected chi connectivity index (χ3v) is 4.46. The van der Waals surface area contributed by atoms with Gasteiger partial charge in [-0.15, -0.1) is 0 Å². The van der Waals surface area contributed by atoms with Crippen LogP contribution in [0.3, 0.4) is 0 Å². The Hall–Kier alpha value is -2.99. The summed E-state index contributed by atoms with van der Waals surface area (Å²) in [7, 11) is 0. The first-order valence-corrected chi connectivity index (χ1v) is 8.54. The van der Waals surface area contributed by atoms with Crippen LogP contribution in [0.4, 0.5) is 0 Å². The van der Waals surface area contributed by atoms with Gasteiger partial charge < -0.3 is 9.72 Å². The molecule has 3 aromatic heterocycles. The molecule has 130 valence electrons. The minimum atomic E-state index is -0.179. The van der Waals surface area contributed by atoms with E-state index in [-0.39, 0.29) is 5.91 Å². The normalized spacial score (nSPS) is 11.2. The lowest BCUT2D eigenvalue weighted by Crippen LogP contribution is -2.23. The molecule has 1 N–H and O–H groups in total. The molecule has 0 fully saturated rings. The number of aryl methyl sites for hydroxylation is 2. The highest BCUT2D eigenvalue weighted by molar-refractivity contribution is 6.30. The molecular formula is C19H16ClN5O. The van der Waals surface area contributed by atoms with E-state index in [4.69, 9.17) is 11.6 Å². The molecule has 1 aromatic carbocycles. The number of aromatic nitrogens is 4. The molecule has 3 heterocycles. The molecule has 0 atom stereocenters. The Kier molecular flexibility index (Phi) is 4.05. The van der Waals surface area contributed by atoms with Crippen molar-refractivity contribution >= 4 is 34.2 Å². The molecular weight excluding hydrogens is 350 g/mol. The van der Waals surface area contributed by atoms with Crippen molar-refractivity contribution in [3.8, 4) is 0 Å². The number of carbonyl (C=O) groups is 1. The summed E-state index contributed by atoms with van der Waals surface area (Å²) in [4.78, 5) is 25.9. The molecule has 0 spiro atoms. The van der Waals surface area contributed by atoms with E-state index in [1.54, 1.807) is 24.4 Å². The van der Waals surface area contributed by atoms with Crippen molar-refractivity contribution in [1.29, 1.82) is 0 Å². The van der Waals surface area contributed by atoms with E-state index in [9.17, 15) is 4.79 Å². The Labute approximate surface area is 154 Å². The van der Waals surface area contributed by atoms with E-state index in [0.29, 0.717) is 22.6 Å². The van der Waals surface area contributed by atoms with Crippen LogP contribution in [0.15, 0.2) is 42.7 Å². The molecule has 4 aromatic rings. The lowest BCUT2D eigenvalue weighted by molar-refractivity contribution is 0.0950. The van der Waals surface area contributed by atoms with Crippen LogP contribution in [0.1, 0.15) is 27.4 Å². The van der Waals surface area contributed by atoms with Crippen LogP contribution in [0.5, 0.6) is 0 Å². The molecule has 0 saturated heterocycles. The maximum Gasteiger partial charge on any atom is 0.251 e. The second kappa shape index (κ2) is 6.38. The summed E-state index contributed by atoms with van der Waals surface area (Å²) >= 11 is 5.97. The predicted octanol–water partition coefficient (Wildman–Crippen LogP) is 3.48. The Balaban J connectivity index is 1.53. The number of carbonyl (C=O) groups excluding carboxylic acids is 1. The molecule has 6 nitrogen and oxygen atoms in total. The van der Waals surface area contributed by atoms with Crippen LogP contribution in [0.25, 0.3) is 16.7 Å². The van der Waals surface area contributed by atoms with Crippen molar-refractivity contribution in [2.45, 2.75) is 20.4 Å². The number of rotatable bonds is 3. The number of hydrogen-bond donors (Lipinski definition) is 1. The highest BCUT2D eigenvalue weighted by Crippen LogP contribution is 2.15. The van der Waals surface area contributed by atoms with Gasteiger partial charge in [-0.2, -0.15) is 0 Å². The largest absolute Gasteiger partial charge is 0.346 e. The van der Waals surface area contributed by atoms with E-state index in [1.807, 2.05) is 36.6 Å². The Morgan fingerprint density at radius 2 is 1.81 bits per heavy atom. The van der Waals surface area contributed by atoms with Gasteiger partial charge >= 0.3 is 0 Å². The first kappa shape index (κ1) is 16.5. The number of pyridine rings is 1. The lowest BCUT2D eigenvalue weighted by Gasteiger charge is -2.06. The highest BCUT2D eigenvalue weighted by Gasteiger charge is 2.10. The summed E-state index contributed by atoms with van der Waals surface area (Å²) in [5.41, 5.74) is 5.32. The second-order valence-corrected chi connectivity index (χ2v) is 6.56. The topological polar surface area (TPSA) is 72.2 Å². The minimum absolute atomic E-state index is 0.179. The average Bonchev–Trinajstić information content (AvgIpc) is 3.02. The summed E-state index contributed by atoms with van der Waals surface area (Å²) in [6.45, 7) is 4.16. The van der Waals surface area contributed by atoms with E-state index in [0.717, 1.165) is 28.2 Å². The molecule has 0 radical (unpaired) electrons. The van der Waals surface area contributed by atoms with Crippen LogP contribution >= 0.6 is 11.6 Å². The highest BCUT2D eigenvalue weighted by atomic mass is 35.5. The molecule has 26 heavy (non-hydrogen) atoms. The number of hydrogen-bond acceptors (Lipinski definition) is 4. The van der Waals surface area contributed by atoms with E-state index in [2.05, 4.69) is 20.3 Å². The van der Waals surface area contributed by atoms with Crippen molar-refractivity contribution < 1.29 is 4.79 Å². The Bertz CT molecular complexity index is 1150. The quantitative estimate of drug-likeness (QED) is 0.603. The summed E-state index contributed by atoms with van der Waals surface area (Å²) in [5, 5.41) is 3.52. The third kappa shape index (κ3) is 3.11. The molecule has 0 aliphatic heterocycles. The van der Waals surface area contributed by atoms with Gasteiger partial charge in [-0.05, 0) is 44.2 Å². The van der Waals surface area contributed by atoms with E-state index >= 15 is 0 Å². The molecule has 0 aliphatic rings.